The van der Waals surface area contributed by atoms with Crippen LogP contribution < -0.4 is 5.32 Å². The van der Waals surface area contributed by atoms with E-state index in [4.69, 9.17) is 0 Å². The van der Waals surface area contributed by atoms with E-state index in [1.54, 1.807) is 0 Å². The summed E-state index contributed by atoms with van der Waals surface area (Å²) in [7, 11) is -4.22. The van der Waals surface area contributed by atoms with E-state index in [1.807, 2.05) is 0 Å². The van der Waals surface area contributed by atoms with Crippen molar-refractivity contribution >= 4 is 15.9 Å². The second kappa shape index (κ2) is 8.20. The second-order valence-electron chi connectivity index (χ2n) is 7.29. The topological polar surface area (TPSA) is 86.7 Å². The molecule has 0 radical (unpaired) electrons. The van der Waals surface area contributed by atoms with E-state index in [0.29, 0.717) is 44.6 Å². The second-order valence-corrected chi connectivity index (χ2v) is 9.20. The van der Waals surface area contributed by atoms with Gasteiger partial charge in [-0.1, -0.05) is 0 Å². The number of nitrogens with one attached hydrogen (secondary N) is 1. The number of rotatable bonds is 4. The van der Waals surface area contributed by atoms with Crippen LogP contribution in [0.3, 0.4) is 0 Å². The maximum absolute atomic E-state index is 13.9. The van der Waals surface area contributed by atoms with Crippen molar-refractivity contribution in [2.45, 2.75) is 55.6 Å². The number of amides is 1. The molecule has 2 aliphatic rings. The number of sulfonamides is 1. The highest BCUT2D eigenvalue weighted by molar-refractivity contribution is 7.89. The number of piperidine rings is 1. The molecule has 0 spiro atoms. The van der Waals surface area contributed by atoms with Gasteiger partial charge in [0.2, 0.25) is 15.9 Å². The van der Waals surface area contributed by atoms with Crippen molar-refractivity contribution in [3.05, 3.63) is 29.8 Å². The maximum atomic E-state index is 13.9. The molecule has 1 aromatic rings. The fraction of sp³-hybridized carbons (Fsp3) is 0.611. The molecule has 1 heterocycles. The van der Waals surface area contributed by atoms with Gasteiger partial charge >= 0.3 is 0 Å². The van der Waals surface area contributed by atoms with Crippen LogP contribution in [0.2, 0.25) is 0 Å². The first-order chi connectivity index (χ1) is 12.8. The Kier molecular flexibility index (Phi) is 6.12. The average molecular weight is 402 g/mol. The molecule has 2 N–H and O–H groups in total. The number of carbonyl (C=O) groups is 1. The molecule has 2 fully saturated rings. The molecule has 0 bridgehead atoms. The number of halogens is 2. The van der Waals surface area contributed by atoms with Gasteiger partial charge in [0.1, 0.15) is 16.5 Å². The third-order valence-electron chi connectivity index (χ3n) is 5.31. The van der Waals surface area contributed by atoms with Crippen LogP contribution in [0.5, 0.6) is 0 Å². The average Bonchev–Trinajstić information content (AvgIpc) is 2.65. The van der Waals surface area contributed by atoms with Gasteiger partial charge in [-0.15, -0.1) is 0 Å². The third-order valence-corrected chi connectivity index (χ3v) is 7.19. The van der Waals surface area contributed by atoms with Crippen molar-refractivity contribution in [2.75, 3.05) is 13.1 Å². The van der Waals surface area contributed by atoms with Gasteiger partial charge in [0.15, 0.2) is 0 Å². The summed E-state index contributed by atoms with van der Waals surface area (Å²) >= 11 is 0. The van der Waals surface area contributed by atoms with Gasteiger partial charge < -0.3 is 10.4 Å². The molecule has 9 heteroatoms. The highest BCUT2D eigenvalue weighted by Crippen LogP contribution is 2.27. The lowest BCUT2D eigenvalue weighted by molar-refractivity contribution is -0.127. The van der Waals surface area contributed by atoms with Crippen LogP contribution in [-0.4, -0.2) is 49.0 Å². The summed E-state index contributed by atoms with van der Waals surface area (Å²) in [5.74, 6) is -2.60. The van der Waals surface area contributed by atoms with Crippen LogP contribution in [0, 0.1) is 17.6 Å². The number of carbonyl (C=O) groups excluding carboxylic acids is 1. The van der Waals surface area contributed by atoms with E-state index in [2.05, 4.69) is 5.32 Å². The zero-order chi connectivity index (χ0) is 19.6. The summed E-state index contributed by atoms with van der Waals surface area (Å²) in [5.41, 5.74) is 0. The standard InChI is InChI=1S/C18H24F2N2O4S/c19-13-3-8-16(20)17(10-13)27(25,26)22-9-1-2-12(11-22)18(24)21-14-4-6-15(23)7-5-14/h3,8,10,12,14-15,23H,1-2,4-7,9,11H2,(H,21,24)/t12-,14?,15?/m0/s1. The molecule has 1 amide bonds. The molecule has 6 nitrogen and oxygen atoms in total. The van der Waals surface area contributed by atoms with E-state index < -0.39 is 32.5 Å². The number of hydrogen-bond acceptors (Lipinski definition) is 4. The predicted molar refractivity (Wildman–Crippen MR) is 94.2 cm³/mol. The molecule has 1 atom stereocenters. The van der Waals surface area contributed by atoms with Crippen LogP contribution in [0.15, 0.2) is 23.1 Å². The minimum atomic E-state index is -4.22. The molecule has 1 saturated carbocycles. The highest BCUT2D eigenvalue weighted by atomic mass is 32.2. The Labute approximate surface area is 157 Å². The number of aliphatic hydroxyl groups excluding tert-OH is 1. The highest BCUT2D eigenvalue weighted by Gasteiger charge is 2.35. The molecule has 150 valence electrons. The molecule has 1 aromatic carbocycles. The van der Waals surface area contributed by atoms with E-state index in [9.17, 15) is 27.1 Å². The molecule has 1 saturated heterocycles. The van der Waals surface area contributed by atoms with Crippen LogP contribution in [0.4, 0.5) is 8.78 Å². The Morgan fingerprint density at radius 2 is 1.85 bits per heavy atom. The number of hydrogen-bond donors (Lipinski definition) is 2. The van der Waals surface area contributed by atoms with Crippen LogP contribution >= 0.6 is 0 Å². The predicted octanol–water partition coefficient (Wildman–Crippen LogP) is 1.79. The zero-order valence-electron chi connectivity index (χ0n) is 14.9. The fourth-order valence-corrected chi connectivity index (χ4v) is 5.33. The minimum Gasteiger partial charge on any atom is -0.393 e. The first-order valence-corrected chi connectivity index (χ1v) is 10.6. The van der Waals surface area contributed by atoms with Crippen molar-refractivity contribution in [2.24, 2.45) is 5.92 Å². The third kappa shape index (κ3) is 4.64. The van der Waals surface area contributed by atoms with Crippen molar-refractivity contribution in [3.63, 3.8) is 0 Å². The molecule has 0 unspecified atom stereocenters. The van der Waals surface area contributed by atoms with Crippen molar-refractivity contribution in [1.29, 1.82) is 0 Å². The molecule has 3 rings (SSSR count). The summed E-state index contributed by atoms with van der Waals surface area (Å²) in [6.45, 7) is 0.108. The van der Waals surface area contributed by atoms with Crippen LogP contribution in [-0.2, 0) is 14.8 Å². The summed E-state index contributed by atoms with van der Waals surface area (Å²) in [4.78, 5) is 11.8. The fourth-order valence-electron chi connectivity index (χ4n) is 3.73. The molecular formula is C18H24F2N2O4S. The molecule has 27 heavy (non-hydrogen) atoms. The maximum Gasteiger partial charge on any atom is 0.246 e. The number of benzene rings is 1. The van der Waals surface area contributed by atoms with Gasteiger partial charge in [0.25, 0.3) is 0 Å². The molecule has 1 aliphatic heterocycles. The van der Waals surface area contributed by atoms with Gasteiger partial charge in [-0.3, -0.25) is 4.79 Å². The van der Waals surface area contributed by atoms with E-state index >= 15 is 0 Å². The Balaban J connectivity index is 1.68. The summed E-state index contributed by atoms with van der Waals surface area (Å²) in [5, 5.41) is 12.5. The summed E-state index contributed by atoms with van der Waals surface area (Å²) < 4.78 is 53.8. The first-order valence-electron chi connectivity index (χ1n) is 9.21. The molecule has 1 aliphatic carbocycles. The Hall–Kier alpha value is -1.58. The Bertz CT molecular complexity index is 795. The first kappa shape index (κ1) is 20.2. The Morgan fingerprint density at radius 3 is 2.56 bits per heavy atom. The van der Waals surface area contributed by atoms with Crippen molar-refractivity contribution < 1.29 is 27.1 Å². The molecule has 0 aromatic heterocycles. The normalized spacial score (nSPS) is 27.3. The summed E-state index contributed by atoms with van der Waals surface area (Å²) in [6.07, 6.45) is 3.33. The van der Waals surface area contributed by atoms with Gasteiger partial charge in [0, 0.05) is 19.1 Å². The Morgan fingerprint density at radius 1 is 1.15 bits per heavy atom. The quantitative estimate of drug-likeness (QED) is 0.804. The number of aliphatic hydroxyl groups is 1. The van der Waals surface area contributed by atoms with Gasteiger partial charge in [-0.25, -0.2) is 17.2 Å². The van der Waals surface area contributed by atoms with Gasteiger partial charge in [0.05, 0.1) is 12.0 Å². The van der Waals surface area contributed by atoms with Crippen molar-refractivity contribution in [1.82, 2.24) is 9.62 Å². The lowest BCUT2D eigenvalue weighted by atomic mass is 9.92. The van der Waals surface area contributed by atoms with Gasteiger partial charge in [-0.2, -0.15) is 4.31 Å². The monoisotopic (exact) mass is 402 g/mol. The lowest BCUT2D eigenvalue weighted by Crippen LogP contribution is -2.48. The minimum absolute atomic E-state index is 0.0199. The lowest BCUT2D eigenvalue weighted by Gasteiger charge is -2.33. The van der Waals surface area contributed by atoms with E-state index in [-0.39, 0.29) is 31.1 Å². The van der Waals surface area contributed by atoms with Crippen LogP contribution in [0.1, 0.15) is 38.5 Å². The zero-order valence-corrected chi connectivity index (χ0v) is 15.7. The van der Waals surface area contributed by atoms with E-state index in [0.717, 1.165) is 16.4 Å². The largest absolute Gasteiger partial charge is 0.393 e. The SMILES string of the molecule is O=C(NC1CCC(O)CC1)[C@H]1CCCN(S(=O)(=O)c2cc(F)ccc2F)C1. The van der Waals surface area contributed by atoms with E-state index in [1.165, 1.54) is 0 Å². The van der Waals surface area contributed by atoms with Crippen molar-refractivity contribution in [3.8, 4) is 0 Å². The van der Waals surface area contributed by atoms with Crippen LogP contribution in [0.25, 0.3) is 0 Å². The molecular weight excluding hydrogens is 378 g/mol. The van der Waals surface area contributed by atoms with Gasteiger partial charge in [-0.05, 0) is 56.7 Å². The summed E-state index contributed by atoms with van der Waals surface area (Å²) in [6, 6.07) is 2.30. The smallest absolute Gasteiger partial charge is 0.246 e. The number of nitrogens with zero attached hydrogens (tertiary/aromatic N) is 1.